The molecule has 0 atom stereocenters. The third kappa shape index (κ3) is 3.34. The minimum atomic E-state index is -0.483. The van der Waals surface area contributed by atoms with Crippen molar-refractivity contribution in [3.05, 3.63) is 65.8 Å². The van der Waals surface area contributed by atoms with Crippen LogP contribution in [0.4, 0.5) is 4.39 Å². The van der Waals surface area contributed by atoms with Crippen LogP contribution in [0, 0.1) is 19.7 Å². The van der Waals surface area contributed by atoms with Gasteiger partial charge in [-0.3, -0.25) is 4.79 Å². The molecule has 0 aliphatic rings. The first kappa shape index (κ1) is 15.9. The van der Waals surface area contributed by atoms with Gasteiger partial charge in [0.15, 0.2) is 0 Å². The maximum atomic E-state index is 14.4. The van der Waals surface area contributed by atoms with Crippen LogP contribution in [0.2, 0.25) is 0 Å². The molecule has 0 saturated heterocycles. The normalized spacial score (nSPS) is 10.8. The topological polar surface area (TPSA) is 64.7 Å². The number of imidazole rings is 1. The minimum Gasteiger partial charge on any atom is -0.350 e. The second kappa shape index (κ2) is 6.66. The summed E-state index contributed by atoms with van der Waals surface area (Å²) in [5.41, 5.74) is 2.26. The Labute approximate surface area is 138 Å². The van der Waals surface area contributed by atoms with Gasteiger partial charge in [0.1, 0.15) is 11.5 Å². The molecule has 0 radical (unpaired) electrons. The van der Waals surface area contributed by atoms with E-state index in [0.29, 0.717) is 18.8 Å². The lowest BCUT2D eigenvalue weighted by molar-refractivity contribution is 0.0952. The molecule has 3 rings (SSSR count). The van der Waals surface area contributed by atoms with Gasteiger partial charge in [-0.2, -0.15) is 5.10 Å². The van der Waals surface area contributed by atoms with Crippen molar-refractivity contribution in [1.29, 1.82) is 0 Å². The molecule has 1 amide bonds. The Morgan fingerprint density at radius 1 is 1.29 bits per heavy atom. The Morgan fingerprint density at radius 3 is 2.75 bits per heavy atom. The molecular weight excluding hydrogens is 309 g/mol. The zero-order valence-corrected chi connectivity index (χ0v) is 13.5. The molecule has 3 aromatic rings. The van der Waals surface area contributed by atoms with Gasteiger partial charge in [0.25, 0.3) is 5.91 Å². The summed E-state index contributed by atoms with van der Waals surface area (Å²) < 4.78 is 17.8. The number of amides is 1. The van der Waals surface area contributed by atoms with E-state index in [9.17, 15) is 9.18 Å². The zero-order valence-electron chi connectivity index (χ0n) is 13.5. The van der Waals surface area contributed by atoms with Crippen molar-refractivity contribution in [2.24, 2.45) is 0 Å². The van der Waals surface area contributed by atoms with Gasteiger partial charge in [0, 0.05) is 36.7 Å². The Morgan fingerprint density at radius 2 is 2.12 bits per heavy atom. The Kier molecular flexibility index (Phi) is 4.41. The summed E-state index contributed by atoms with van der Waals surface area (Å²) in [6, 6.07) is 6.27. The lowest BCUT2D eigenvalue weighted by atomic mass is 10.2. The number of hydrogen-bond donors (Lipinski definition) is 1. The summed E-state index contributed by atoms with van der Waals surface area (Å²) >= 11 is 0. The summed E-state index contributed by atoms with van der Waals surface area (Å²) in [4.78, 5) is 16.0. The first-order valence-corrected chi connectivity index (χ1v) is 7.62. The molecule has 1 aromatic carbocycles. The number of carbonyl (C=O) groups is 1. The van der Waals surface area contributed by atoms with E-state index in [-0.39, 0.29) is 11.5 Å². The molecular formula is C17H18FN5O. The molecule has 124 valence electrons. The van der Waals surface area contributed by atoms with E-state index in [2.05, 4.69) is 15.4 Å². The van der Waals surface area contributed by atoms with E-state index in [1.54, 1.807) is 24.7 Å². The minimum absolute atomic E-state index is 0.281. The fourth-order valence-electron chi connectivity index (χ4n) is 2.51. The predicted octanol–water partition coefficient (Wildman–Crippen LogP) is 2.25. The Balaban J connectivity index is 1.69. The van der Waals surface area contributed by atoms with Gasteiger partial charge in [-0.1, -0.05) is 0 Å². The van der Waals surface area contributed by atoms with Crippen molar-refractivity contribution in [2.45, 2.75) is 20.4 Å². The highest BCUT2D eigenvalue weighted by molar-refractivity contribution is 5.94. The number of rotatable bonds is 5. The van der Waals surface area contributed by atoms with Crippen LogP contribution in [-0.4, -0.2) is 31.8 Å². The fourth-order valence-corrected chi connectivity index (χ4v) is 2.51. The molecule has 0 unspecified atom stereocenters. The number of benzene rings is 1. The molecule has 24 heavy (non-hydrogen) atoms. The molecule has 2 aromatic heterocycles. The number of nitrogens with zero attached hydrogens (tertiary/aromatic N) is 4. The first-order chi connectivity index (χ1) is 11.5. The monoisotopic (exact) mass is 327 g/mol. The molecule has 0 spiro atoms. The predicted molar refractivity (Wildman–Crippen MR) is 87.6 cm³/mol. The van der Waals surface area contributed by atoms with Gasteiger partial charge in [-0.25, -0.2) is 14.1 Å². The van der Waals surface area contributed by atoms with E-state index in [4.69, 9.17) is 0 Å². The van der Waals surface area contributed by atoms with Crippen molar-refractivity contribution in [3.63, 3.8) is 0 Å². The molecule has 0 saturated carbocycles. The van der Waals surface area contributed by atoms with Gasteiger partial charge >= 0.3 is 0 Å². The summed E-state index contributed by atoms with van der Waals surface area (Å²) in [7, 11) is 0. The maximum absolute atomic E-state index is 14.4. The number of hydrogen-bond acceptors (Lipinski definition) is 3. The molecule has 0 aliphatic carbocycles. The standard InChI is InChI=1S/C17H18FN5O/c1-12-9-13(2)23(21-12)16-4-3-14(10-15(16)18)17(24)20-6-8-22-7-5-19-11-22/h3-5,7,9-11H,6,8H2,1-2H3,(H,20,24). The van der Waals surface area contributed by atoms with Gasteiger partial charge in [-0.15, -0.1) is 0 Å². The van der Waals surface area contributed by atoms with Crippen molar-refractivity contribution in [2.75, 3.05) is 6.54 Å². The smallest absolute Gasteiger partial charge is 0.251 e. The van der Waals surface area contributed by atoms with Crippen LogP contribution in [0.15, 0.2) is 43.0 Å². The van der Waals surface area contributed by atoms with Crippen LogP contribution < -0.4 is 5.32 Å². The zero-order chi connectivity index (χ0) is 17.1. The fraction of sp³-hybridized carbons (Fsp3) is 0.235. The van der Waals surface area contributed by atoms with Crippen LogP contribution in [0.25, 0.3) is 5.69 Å². The van der Waals surface area contributed by atoms with E-state index in [1.807, 2.05) is 30.7 Å². The number of aromatic nitrogens is 4. The average Bonchev–Trinajstić information content (AvgIpc) is 3.16. The highest BCUT2D eigenvalue weighted by Crippen LogP contribution is 2.17. The molecule has 2 heterocycles. The molecule has 1 N–H and O–H groups in total. The molecule has 6 nitrogen and oxygen atoms in total. The Bertz CT molecular complexity index is 854. The lowest BCUT2D eigenvalue weighted by Crippen LogP contribution is -2.27. The molecule has 0 fully saturated rings. The summed E-state index contributed by atoms with van der Waals surface area (Å²) in [6.07, 6.45) is 5.17. The highest BCUT2D eigenvalue weighted by atomic mass is 19.1. The van der Waals surface area contributed by atoms with Crippen molar-refractivity contribution in [3.8, 4) is 5.69 Å². The van der Waals surface area contributed by atoms with Crippen LogP contribution >= 0.6 is 0 Å². The highest BCUT2D eigenvalue weighted by Gasteiger charge is 2.13. The van der Waals surface area contributed by atoms with E-state index in [0.717, 1.165) is 11.4 Å². The summed E-state index contributed by atoms with van der Waals surface area (Å²) in [5.74, 6) is -0.794. The van der Waals surface area contributed by atoms with Gasteiger partial charge in [0.05, 0.1) is 12.0 Å². The van der Waals surface area contributed by atoms with Crippen molar-refractivity contribution < 1.29 is 9.18 Å². The average molecular weight is 327 g/mol. The third-order valence-corrected chi connectivity index (χ3v) is 3.66. The summed E-state index contributed by atoms with van der Waals surface area (Å²) in [6.45, 7) is 4.76. The quantitative estimate of drug-likeness (QED) is 0.782. The van der Waals surface area contributed by atoms with Crippen LogP contribution in [0.1, 0.15) is 21.7 Å². The van der Waals surface area contributed by atoms with Gasteiger partial charge in [-0.05, 0) is 38.1 Å². The van der Waals surface area contributed by atoms with Crippen molar-refractivity contribution >= 4 is 5.91 Å². The van der Waals surface area contributed by atoms with Gasteiger partial charge in [0.2, 0.25) is 0 Å². The van der Waals surface area contributed by atoms with Crippen LogP contribution in [0.3, 0.4) is 0 Å². The number of nitrogens with one attached hydrogen (secondary N) is 1. The third-order valence-electron chi connectivity index (χ3n) is 3.66. The van der Waals surface area contributed by atoms with Crippen LogP contribution in [-0.2, 0) is 6.54 Å². The largest absolute Gasteiger partial charge is 0.350 e. The first-order valence-electron chi connectivity index (χ1n) is 7.62. The number of carbonyl (C=O) groups excluding carboxylic acids is 1. The lowest BCUT2D eigenvalue weighted by Gasteiger charge is -2.09. The Hall–Kier alpha value is -2.96. The maximum Gasteiger partial charge on any atom is 0.251 e. The SMILES string of the molecule is Cc1cc(C)n(-c2ccc(C(=O)NCCn3ccnc3)cc2F)n1. The second-order valence-electron chi connectivity index (χ2n) is 5.56. The van der Waals surface area contributed by atoms with E-state index >= 15 is 0 Å². The summed E-state index contributed by atoms with van der Waals surface area (Å²) in [5, 5.41) is 7.02. The van der Waals surface area contributed by atoms with Crippen LogP contribution in [0.5, 0.6) is 0 Å². The molecule has 0 aliphatic heterocycles. The number of halogens is 1. The van der Waals surface area contributed by atoms with E-state index < -0.39 is 5.82 Å². The van der Waals surface area contributed by atoms with E-state index in [1.165, 1.54) is 10.7 Å². The van der Waals surface area contributed by atoms with Gasteiger partial charge < -0.3 is 9.88 Å². The molecule has 7 heteroatoms. The van der Waals surface area contributed by atoms with Crippen molar-refractivity contribution in [1.82, 2.24) is 24.6 Å². The second-order valence-corrected chi connectivity index (χ2v) is 5.56. The molecule has 0 bridgehead atoms. The number of aryl methyl sites for hydroxylation is 2.